The third-order valence-electron chi connectivity index (χ3n) is 3.18. The lowest BCUT2D eigenvalue weighted by atomic mass is 9.88. The van der Waals surface area contributed by atoms with E-state index in [4.69, 9.17) is 4.74 Å². The highest BCUT2D eigenvalue weighted by molar-refractivity contribution is 5.94. The van der Waals surface area contributed by atoms with E-state index in [0.29, 0.717) is 18.4 Å². The van der Waals surface area contributed by atoms with Crippen LogP contribution in [0, 0.1) is 11.7 Å². The Labute approximate surface area is 98.6 Å². The maximum Gasteiger partial charge on any atom is 0.309 e. The molecular weight excluding hydrogens is 223 g/mol. The molecule has 3 nitrogen and oxygen atoms in total. The summed E-state index contributed by atoms with van der Waals surface area (Å²) in [5, 5.41) is 0. The fourth-order valence-electron chi connectivity index (χ4n) is 2.34. The van der Waals surface area contributed by atoms with Gasteiger partial charge in [0, 0.05) is 6.42 Å². The second kappa shape index (κ2) is 4.65. The lowest BCUT2D eigenvalue weighted by molar-refractivity contribution is -0.146. The molecule has 0 amide bonds. The van der Waals surface area contributed by atoms with Gasteiger partial charge in [-0.2, -0.15) is 0 Å². The van der Waals surface area contributed by atoms with E-state index in [1.807, 2.05) is 0 Å². The predicted molar refractivity (Wildman–Crippen MR) is 58.9 cm³/mol. The zero-order valence-corrected chi connectivity index (χ0v) is 9.48. The van der Waals surface area contributed by atoms with Crippen LogP contribution in [0.25, 0.3) is 0 Å². The number of Topliss-reactive ketones (excluding diaryl/α,β-unsaturated/α-hetero) is 1. The molecule has 0 bridgehead atoms. The van der Waals surface area contributed by atoms with Crippen LogP contribution in [0.4, 0.5) is 4.39 Å². The van der Waals surface area contributed by atoms with Crippen molar-refractivity contribution in [2.45, 2.75) is 18.8 Å². The Kier molecular flexibility index (Phi) is 3.22. The average Bonchev–Trinajstić information content (AvgIpc) is 2.71. The van der Waals surface area contributed by atoms with Crippen LogP contribution in [0.3, 0.4) is 0 Å². The molecule has 0 unspecified atom stereocenters. The Morgan fingerprint density at radius 2 is 2.00 bits per heavy atom. The van der Waals surface area contributed by atoms with Crippen LogP contribution >= 0.6 is 0 Å². The first-order valence-electron chi connectivity index (χ1n) is 5.49. The molecule has 1 aromatic rings. The van der Waals surface area contributed by atoms with E-state index in [1.165, 1.54) is 19.2 Å². The molecule has 1 saturated carbocycles. The van der Waals surface area contributed by atoms with Crippen molar-refractivity contribution in [1.82, 2.24) is 0 Å². The molecule has 0 N–H and O–H groups in total. The number of carbonyl (C=O) groups excluding carboxylic acids is 2. The van der Waals surface area contributed by atoms with Crippen molar-refractivity contribution >= 4 is 11.8 Å². The number of methoxy groups -OCH3 is 1. The summed E-state index contributed by atoms with van der Waals surface area (Å²) < 4.78 is 17.5. The molecule has 2 atom stereocenters. The van der Waals surface area contributed by atoms with Crippen LogP contribution in [0.1, 0.15) is 24.3 Å². The molecule has 1 aliphatic carbocycles. The maximum absolute atomic E-state index is 12.8. The van der Waals surface area contributed by atoms with Gasteiger partial charge in [-0.15, -0.1) is 0 Å². The molecule has 17 heavy (non-hydrogen) atoms. The summed E-state index contributed by atoms with van der Waals surface area (Å²) in [5.41, 5.74) is 0.685. The number of carbonyl (C=O) groups is 2. The average molecular weight is 236 g/mol. The third kappa shape index (κ3) is 2.20. The minimum absolute atomic E-state index is 0.0204. The number of esters is 1. The zero-order chi connectivity index (χ0) is 12.4. The Morgan fingerprint density at radius 3 is 2.59 bits per heavy atom. The molecule has 2 rings (SSSR count). The van der Waals surface area contributed by atoms with Crippen molar-refractivity contribution in [2.75, 3.05) is 7.11 Å². The van der Waals surface area contributed by atoms with Crippen molar-refractivity contribution in [3.63, 3.8) is 0 Å². The molecule has 1 fully saturated rings. The highest BCUT2D eigenvalue weighted by Crippen LogP contribution is 2.37. The zero-order valence-electron chi connectivity index (χ0n) is 9.48. The quantitative estimate of drug-likeness (QED) is 0.738. The summed E-state index contributed by atoms with van der Waals surface area (Å²) in [4.78, 5) is 23.4. The van der Waals surface area contributed by atoms with Crippen molar-refractivity contribution in [3.05, 3.63) is 35.6 Å². The van der Waals surface area contributed by atoms with Gasteiger partial charge in [0.05, 0.1) is 18.9 Å². The van der Waals surface area contributed by atoms with Gasteiger partial charge in [-0.3, -0.25) is 9.59 Å². The van der Waals surface area contributed by atoms with Crippen LogP contribution in [0.2, 0.25) is 0 Å². The van der Waals surface area contributed by atoms with E-state index in [-0.39, 0.29) is 17.6 Å². The van der Waals surface area contributed by atoms with E-state index in [2.05, 4.69) is 0 Å². The van der Waals surface area contributed by atoms with Crippen molar-refractivity contribution in [2.24, 2.45) is 5.92 Å². The SMILES string of the molecule is COC(=O)[C@@H]1CCC(=O)[C@H]1c1ccc(F)cc1. The number of benzene rings is 1. The first kappa shape index (κ1) is 11.8. The highest BCUT2D eigenvalue weighted by atomic mass is 19.1. The van der Waals surface area contributed by atoms with Gasteiger partial charge in [0.2, 0.25) is 0 Å². The molecule has 0 heterocycles. The first-order chi connectivity index (χ1) is 8.13. The van der Waals surface area contributed by atoms with E-state index in [0.717, 1.165) is 0 Å². The van der Waals surface area contributed by atoms with E-state index >= 15 is 0 Å². The summed E-state index contributed by atoms with van der Waals surface area (Å²) in [6.45, 7) is 0. The smallest absolute Gasteiger partial charge is 0.309 e. The van der Waals surface area contributed by atoms with Crippen LogP contribution in [-0.2, 0) is 14.3 Å². The minimum Gasteiger partial charge on any atom is -0.469 e. The topological polar surface area (TPSA) is 43.4 Å². The second-order valence-corrected chi connectivity index (χ2v) is 4.16. The van der Waals surface area contributed by atoms with Gasteiger partial charge >= 0.3 is 5.97 Å². The van der Waals surface area contributed by atoms with Gasteiger partial charge in [0.1, 0.15) is 11.6 Å². The second-order valence-electron chi connectivity index (χ2n) is 4.16. The minimum atomic E-state index is -0.483. The van der Waals surface area contributed by atoms with Gasteiger partial charge in [-0.1, -0.05) is 12.1 Å². The predicted octanol–water partition coefficient (Wildman–Crippen LogP) is 2.06. The lowest BCUT2D eigenvalue weighted by Crippen LogP contribution is -2.22. The highest BCUT2D eigenvalue weighted by Gasteiger charge is 2.40. The third-order valence-corrected chi connectivity index (χ3v) is 3.18. The van der Waals surface area contributed by atoms with Crippen molar-refractivity contribution < 1.29 is 18.7 Å². The fourth-order valence-corrected chi connectivity index (χ4v) is 2.34. The van der Waals surface area contributed by atoms with Crippen LogP contribution in [0.5, 0.6) is 0 Å². The molecule has 0 aliphatic heterocycles. The first-order valence-corrected chi connectivity index (χ1v) is 5.49. The number of ether oxygens (including phenoxy) is 1. The Hall–Kier alpha value is -1.71. The molecular formula is C13H13FO3. The summed E-state index contributed by atoms with van der Waals surface area (Å²) in [5.74, 6) is -1.62. The molecule has 0 saturated heterocycles. The van der Waals surface area contributed by atoms with Crippen LogP contribution < -0.4 is 0 Å². The van der Waals surface area contributed by atoms with Crippen LogP contribution in [-0.4, -0.2) is 18.9 Å². The summed E-state index contributed by atoms with van der Waals surface area (Å²) in [6, 6.07) is 5.71. The van der Waals surface area contributed by atoms with Crippen molar-refractivity contribution in [3.8, 4) is 0 Å². The largest absolute Gasteiger partial charge is 0.469 e. The number of hydrogen-bond acceptors (Lipinski definition) is 3. The maximum atomic E-state index is 12.8. The number of halogens is 1. The van der Waals surface area contributed by atoms with Crippen molar-refractivity contribution in [1.29, 1.82) is 0 Å². The number of hydrogen-bond donors (Lipinski definition) is 0. The Balaban J connectivity index is 2.30. The van der Waals surface area contributed by atoms with E-state index < -0.39 is 11.8 Å². The molecule has 0 spiro atoms. The Bertz CT molecular complexity index is 438. The fraction of sp³-hybridized carbons (Fsp3) is 0.385. The number of rotatable bonds is 2. The monoisotopic (exact) mass is 236 g/mol. The van der Waals surface area contributed by atoms with Gasteiger partial charge in [0.25, 0.3) is 0 Å². The van der Waals surface area contributed by atoms with Gasteiger partial charge in [-0.05, 0) is 24.1 Å². The summed E-state index contributed by atoms with van der Waals surface area (Å²) in [7, 11) is 1.31. The summed E-state index contributed by atoms with van der Waals surface area (Å²) in [6.07, 6.45) is 0.884. The molecule has 4 heteroatoms. The van der Waals surface area contributed by atoms with Gasteiger partial charge < -0.3 is 4.74 Å². The normalized spacial score (nSPS) is 23.8. The summed E-state index contributed by atoms with van der Waals surface area (Å²) >= 11 is 0. The van der Waals surface area contributed by atoms with Gasteiger partial charge in [0.15, 0.2) is 0 Å². The molecule has 90 valence electrons. The molecule has 1 aromatic carbocycles. The standard InChI is InChI=1S/C13H13FO3/c1-17-13(16)10-6-7-11(15)12(10)8-2-4-9(14)5-3-8/h2-5,10,12H,6-7H2,1H3/t10-,12+/m1/s1. The van der Waals surface area contributed by atoms with E-state index in [9.17, 15) is 14.0 Å². The van der Waals surface area contributed by atoms with Crippen LogP contribution in [0.15, 0.2) is 24.3 Å². The molecule has 0 radical (unpaired) electrons. The molecule has 0 aromatic heterocycles. The van der Waals surface area contributed by atoms with Gasteiger partial charge in [-0.25, -0.2) is 4.39 Å². The Morgan fingerprint density at radius 1 is 1.35 bits per heavy atom. The lowest BCUT2D eigenvalue weighted by Gasteiger charge is -2.16. The molecule has 1 aliphatic rings. The van der Waals surface area contributed by atoms with E-state index in [1.54, 1.807) is 12.1 Å². The number of ketones is 1.